The third kappa shape index (κ3) is 4.87. The van der Waals surface area contributed by atoms with Crippen LogP contribution in [-0.4, -0.2) is 45.6 Å². The van der Waals surface area contributed by atoms with Gasteiger partial charge in [-0.25, -0.2) is 27.5 Å². The van der Waals surface area contributed by atoms with Crippen molar-refractivity contribution in [3.8, 4) is 0 Å². The molecule has 0 saturated heterocycles. The van der Waals surface area contributed by atoms with Gasteiger partial charge in [0.15, 0.2) is 0 Å². The molecular formula is C15H20FN5O2S. The summed E-state index contributed by atoms with van der Waals surface area (Å²) in [4.78, 5) is 10.3. The third-order valence-electron chi connectivity index (χ3n) is 3.11. The van der Waals surface area contributed by atoms with Crippen LogP contribution in [0.15, 0.2) is 35.2 Å². The van der Waals surface area contributed by atoms with Crippen LogP contribution in [0.3, 0.4) is 0 Å². The molecule has 2 rings (SSSR count). The normalized spacial score (nSPS) is 11.3. The van der Waals surface area contributed by atoms with Gasteiger partial charge in [-0.3, -0.25) is 0 Å². The maximum absolute atomic E-state index is 13.1. The molecule has 2 N–H and O–H groups in total. The molecule has 9 heteroatoms. The SMILES string of the molecule is Cc1nc(NCCNS(=O)(=O)c2cccc(F)c2)cc(N(C)C)n1. The summed E-state index contributed by atoms with van der Waals surface area (Å²) in [5.41, 5.74) is 0. The first kappa shape index (κ1) is 18.1. The summed E-state index contributed by atoms with van der Waals surface area (Å²) in [6.07, 6.45) is 0. The Morgan fingerprint density at radius 1 is 1.17 bits per heavy atom. The van der Waals surface area contributed by atoms with E-state index in [9.17, 15) is 12.8 Å². The Labute approximate surface area is 141 Å². The lowest BCUT2D eigenvalue weighted by molar-refractivity contribution is 0.579. The highest BCUT2D eigenvalue weighted by Gasteiger charge is 2.13. The highest BCUT2D eigenvalue weighted by atomic mass is 32.2. The molecule has 0 bridgehead atoms. The van der Waals surface area contributed by atoms with Crippen LogP contribution in [0, 0.1) is 12.7 Å². The van der Waals surface area contributed by atoms with Crippen molar-refractivity contribution in [2.45, 2.75) is 11.8 Å². The minimum Gasteiger partial charge on any atom is -0.369 e. The fourth-order valence-corrected chi connectivity index (χ4v) is 3.03. The van der Waals surface area contributed by atoms with E-state index in [1.165, 1.54) is 18.2 Å². The average molecular weight is 353 g/mol. The fraction of sp³-hybridized carbons (Fsp3) is 0.333. The molecule has 0 atom stereocenters. The molecule has 7 nitrogen and oxygen atoms in total. The minimum atomic E-state index is -3.74. The number of anilines is 2. The van der Waals surface area contributed by atoms with E-state index in [-0.39, 0.29) is 11.4 Å². The summed E-state index contributed by atoms with van der Waals surface area (Å²) in [6, 6.07) is 6.64. The molecule has 0 unspecified atom stereocenters. The van der Waals surface area contributed by atoms with Crippen LogP contribution in [0.2, 0.25) is 0 Å². The number of sulfonamides is 1. The van der Waals surface area contributed by atoms with Crippen LogP contribution in [0.1, 0.15) is 5.82 Å². The summed E-state index contributed by atoms with van der Waals surface area (Å²) in [5, 5.41) is 3.04. The molecule has 0 aliphatic carbocycles. The lowest BCUT2D eigenvalue weighted by atomic mass is 10.4. The summed E-state index contributed by atoms with van der Waals surface area (Å²) in [6.45, 7) is 2.25. The van der Waals surface area contributed by atoms with Crippen molar-refractivity contribution in [1.82, 2.24) is 14.7 Å². The number of nitrogens with one attached hydrogen (secondary N) is 2. The molecule has 0 spiro atoms. The van der Waals surface area contributed by atoms with Crippen molar-refractivity contribution in [3.63, 3.8) is 0 Å². The summed E-state index contributed by atoms with van der Waals surface area (Å²) in [7, 11) is 0.00941. The third-order valence-corrected chi connectivity index (χ3v) is 4.57. The van der Waals surface area contributed by atoms with Gasteiger partial charge in [0.1, 0.15) is 23.3 Å². The Bertz CT molecular complexity index is 811. The van der Waals surface area contributed by atoms with Gasteiger partial charge >= 0.3 is 0 Å². The Hall–Kier alpha value is -2.26. The second kappa shape index (κ2) is 7.54. The van der Waals surface area contributed by atoms with E-state index in [0.29, 0.717) is 18.2 Å². The van der Waals surface area contributed by atoms with Gasteiger partial charge in [0.25, 0.3) is 0 Å². The molecule has 0 fully saturated rings. The van der Waals surface area contributed by atoms with Crippen LogP contribution in [0.5, 0.6) is 0 Å². The van der Waals surface area contributed by atoms with Crippen LogP contribution >= 0.6 is 0 Å². The van der Waals surface area contributed by atoms with Gasteiger partial charge in [-0.15, -0.1) is 0 Å². The molecule has 1 heterocycles. The number of nitrogens with zero attached hydrogens (tertiary/aromatic N) is 3. The van der Waals surface area contributed by atoms with Gasteiger partial charge in [0.2, 0.25) is 10.0 Å². The van der Waals surface area contributed by atoms with Crippen molar-refractivity contribution in [2.24, 2.45) is 0 Å². The van der Waals surface area contributed by atoms with E-state index in [0.717, 1.165) is 11.9 Å². The van der Waals surface area contributed by atoms with Crippen molar-refractivity contribution >= 4 is 21.7 Å². The predicted octanol–water partition coefficient (Wildman–Crippen LogP) is 1.38. The number of halogens is 1. The van der Waals surface area contributed by atoms with Gasteiger partial charge in [-0.1, -0.05) is 6.07 Å². The Morgan fingerprint density at radius 3 is 2.58 bits per heavy atom. The predicted molar refractivity (Wildman–Crippen MR) is 91.2 cm³/mol. The minimum absolute atomic E-state index is 0.102. The molecule has 0 aliphatic heterocycles. The topological polar surface area (TPSA) is 87.2 Å². The van der Waals surface area contributed by atoms with E-state index in [2.05, 4.69) is 20.0 Å². The first-order chi connectivity index (χ1) is 11.3. The molecule has 24 heavy (non-hydrogen) atoms. The zero-order valence-corrected chi connectivity index (χ0v) is 14.6. The van der Waals surface area contributed by atoms with Gasteiger partial charge in [-0.2, -0.15) is 0 Å². The zero-order valence-electron chi connectivity index (χ0n) is 13.7. The van der Waals surface area contributed by atoms with Crippen LogP contribution < -0.4 is 14.9 Å². The van der Waals surface area contributed by atoms with E-state index in [1.807, 2.05) is 19.0 Å². The standard InChI is InChI=1S/C15H20FN5O2S/c1-11-19-14(10-15(20-11)21(2)3)17-7-8-18-24(22,23)13-6-4-5-12(16)9-13/h4-6,9-10,18H,7-8H2,1-3H3,(H,17,19,20). The summed E-state index contributed by atoms with van der Waals surface area (Å²) in [5.74, 6) is 1.38. The molecular weight excluding hydrogens is 333 g/mol. The molecule has 0 aliphatic rings. The monoisotopic (exact) mass is 353 g/mol. The Morgan fingerprint density at radius 2 is 1.92 bits per heavy atom. The van der Waals surface area contributed by atoms with E-state index < -0.39 is 15.8 Å². The van der Waals surface area contributed by atoms with Crippen molar-refractivity contribution in [3.05, 3.63) is 42.0 Å². The van der Waals surface area contributed by atoms with Gasteiger partial charge in [0, 0.05) is 33.3 Å². The number of aromatic nitrogens is 2. The molecule has 130 valence electrons. The largest absolute Gasteiger partial charge is 0.369 e. The zero-order chi connectivity index (χ0) is 17.7. The van der Waals surface area contributed by atoms with Gasteiger partial charge in [0.05, 0.1) is 4.90 Å². The van der Waals surface area contributed by atoms with Gasteiger partial charge < -0.3 is 10.2 Å². The first-order valence-electron chi connectivity index (χ1n) is 7.30. The highest BCUT2D eigenvalue weighted by molar-refractivity contribution is 7.89. The van der Waals surface area contributed by atoms with E-state index in [1.54, 1.807) is 13.0 Å². The fourth-order valence-electron chi connectivity index (χ4n) is 1.97. The molecule has 0 amide bonds. The number of benzene rings is 1. The van der Waals surface area contributed by atoms with Gasteiger partial charge in [-0.05, 0) is 25.1 Å². The van der Waals surface area contributed by atoms with Crippen molar-refractivity contribution < 1.29 is 12.8 Å². The molecule has 2 aromatic rings. The average Bonchev–Trinajstić information content (AvgIpc) is 2.51. The Balaban J connectivity index is 1.93. The summed E-state index contributed by atoms with van der Waals surface area (Å²) < 4.78 is 39.7. The van der Waals surface area contributed by atoms with Crippen LogP contribution in [-0.2, 0) is 10.0 Å². The van der Waals surface area contributed by atoms with Crippen LogP contribution in [0.4, 0.5) is 16.0 Å². The second-order valence-electron chi connectivity index (χ2n) is 5.33. The summed E-state index contributed by atoms with van der Waals surface area (Å²) >= 11 is 0. The first-order valence-corrected chi connectivity index (χ1v) is 8.78. The molecule has 0 radical (unpaired) electrons. The number of rotatable bonds is 7. The number of hydrogen-bond acceptors (Lipinski definition) is 6. The van der Waals surface area contributed by atoms with E-state index in [4.69, 9.17) is 0 Å². The highest BCUT2D eigenvalue weighted by Crippen LogP contribution is 2.13. The Kier molecular flexibility index (Phi) is 5.68. The second-order valence-corrected chi connectivity index (χ2v) is 7.10. The quantitative estimate of drug-likeness (QED) is 0.732. The van der Waals surface area contributed by atoms with Crippen molar-refractivity contribution in [1.29, 1.82) is 0 Å². The number of aryl methyl sites for hydroxylation is 1. The lowest BCUT2D eigenvalue weighted by Crippen LogP contribution is -2.29. The van der Waals surface area contributed by atoms with E-state index >= 15 is 0 Å². The maximum Gasteiger partial charge on any atom is 0.240 e. The van der Waals surface area contributed by atoms with Crippen LogP contribution in [0.25, 0.3) is 0 Å². The smallest absolute Gasteiger partial charge is 0.240 e. The molecule has 1 aromatic heterocycles. The molecule has 1 aromatic carbocycles. The number of hydrogen-bond donors (Lipinski definition) is 2. The molecule has 0 saturated carbocycles. The maximum atomic E-state index is 13.1. The van der Waals surface area contributed by atoms with Crippen molar-refractivity contribution in [2.75, 3.05) is 37.4 Å². The lowest BCUT2D eigenvalue weighted by Gasteiger charge is -2.14.